The molecule has 24 heavy (non-hydrogen) atoms. The van der Waals surface area contributed by atoms with Gasteiger partial charge in [0.1, 0.15) is 5.69 Å². The van der Waals surface area contributed by atoms with Crippen molar-refractivity contribution in [3.63, 3.8) is 0 Å². The minimum atomic E-state index is -0.391. The zero-order chi connectivity index (χ0) is 16.8. The standard InChI is InChI=1S/C18H17N3O2S/c22-17-16(20-18(23)19-12-15-8-5-11-24-15)9-4-10-21(17)13-14-6-2-1-3-7-14/h1-11H,12-13H2,(H2,19,20,23). The summed E-state index contributed by atoms with van der Waals surface area (Å²) in [4.78, 5) is 25.5. The first-order valence-corrected chi connectivity index (χ1v) is 8.41. The molecular formula is C18H17N3O2S. The summed E-state index contributed by atoms with van der Waals surface area (Å²) in [6.07, 6.45) is 1.71. The van der Waals surface area contributed by atoms with E-state index in [1.165, 1.54) is 0 Å². The van der Waals surface area contributed by atoms with Crippen LogP contribution >= 0.6 is 11.3 Å². The van der Waals surface area contributed by atoms with Gasteiger partial charge in [0.25, 0.3) is 5.56 Å². The molecule has 2 aromatic heterocycles. The molecule has 0 bridgehead atoms. The summed E-state index contributed by atoms with van der Waals surface area (Å²) in [6, 6.07) is 16.6. The van der Waals surface area contributed by atoms with Gasteiger partial charge in [-0.3, -0.25) is 4.79 Å². The van der Waals surface area contributed by atoms with Gasteiger partial charge in [-0.05, 0) is 29.1 Å². The Morgan fingerprint density at radius 2 is 1.88 bits per heavy atom. The summed E-state index contributed by atoms with van der Waals surface area (Å²) in [6.45, 7) is 0.903. The lowest BCUT2D eigenvalue weighted by Gasteiger charge is -2.10. The van der Waals surface area contributed by atoms with Crippen molar-refractivity contribution in [2.75, 3.05) is 5.32 Å². The first-order chi connectivity index (χ1) is 11.7. The van der Waals surface area contributed by atoms with Crippen molar-refractivity contribution >= 4 is 23.1 Å². The number of carbonyl (C=O) groups excluding carboxylic acids is 1. The lowest BCUT2D eigenvalue weighted by molar-refractivity contribution is 0.252. The molecule has 0 saturated carbocycles. The predicted molar refractivity (Wildman–Crippen MR) is 96.4 cm³/mol. The molecule has 6 heteroatoms. The number of pyridine rings is 1. The second-order valence-corrected chi connectivity index (χ2v) is 6.26. The van der Waals surface area contributed by atoms with Crippen LogP contribution in [0.15, 0.2) is 71.0 Å². The maximum atomic E-state index is 12.5. The fourth-order valence-corrected chi connectivity index (χ4v) is 2.93. The van der Waals surface area contributed by atoms with Crippen LogP contribution in [-0.4, -0.2) is 10.6 Å². The van der Waals surface area contributed by atoms with E-state index in [0.717, 1.165) is 10.4 Å². The van der Waals surface area contributed by atoms with Crippen LogP contribution in [-0.2, 0) is 13.1 Å². The third-order valence-corrected chi connectivity index (χ3v) is 4.34. The number of hydrogen-bond acceptors (Lipinski definition) is 3. The number of anilines is 1. The minimum absolute atomic E-state index is 0.229. The van der Waals surface area contributed by atoms with Gasteiger partial charge < -0.3 is 15.2 Å². The Morgan fingerprint density at radius 1 is 1.04 bits per heavy atom. The van der Waals surface area contributed by atoms with Crippen molar-refractivity contribution in [1.29, 1.82) is 0 Å². The van der Waals surface area contributed by atoms with E-state index in [1.807, 2.05) is 47.8 Å². The van der Waals surface area contributed by atoms with Crippen LogP contribution in [0.25, 0.3) is 0 Å². The second kappa shape index (κ2) is 7.61. The van der Waals surface area contributed by atoms with E-state index < -0.39 is 6.03 Å². The SMILES string of the molecule is O=C(NCc1cccs1)Nc1cccn(Cc2ccccc2)c1=O. The fourth-order valence-electron chi connectivity index (χ4n) is 2.28. The Bertz CT molecular complexity index is 857. The van der Waals surface area contributed by atoms with E-state index in [0.29, 0.717) is 13.1 Å². The molecule has 122 valence electrons. The summed E-state index contributed by atoms with van der Waals surface area (Å²) in [5, 5.41) is 7.31. The third-order valence-electron chi connectivity index (χ3n) is 3.47. The lowest BCUT2D eigenvalue weighted by Crippen LogP contribution is -2.32. The smallest absolute Gasteiger partial charge is 0.319 e. The number of hydrogen-bond donors (Lipinski definition) is 2. The highest BCUT2D eigenvalue weighted by Gasteiger charge is 2.08. The zero-order valence-electron chi connectivity index (χ0n) is 12.9. The number of urea groups is 1. The third kappa shape index (κ3) is 4.11. The van der Waals surface area contributed by atoms with Gasteiger partial charge >= 0.3 is 6.03 Å². The van der Waals surface area contributed by atoms with Crippen molar-refractivity contribution in [2.45, 2.75) is 13.1 Å². The van der Waals surface area contributed by atoms with Crippen molar-refractivity contribution in [3.8, 4) is 0 Å². The zero-order valence-corrected chi connectivity index (χ0v) is 13.8. The van der Waals surface area contributed by atoms with Gasteiger partial charge in [0.05, 0.1) is 13.1 Å². The van der Waals surface area contributed by atoms with Gasteiger partial charge in [-0.1, -0.05) is 36.4 Å². The minimum Gasteiger partial charge on any atom is -0.333 e. The number of carbonyl (C=O) groups is 1. The van der Waals surface area contributed by atoms with E-state index in [-0.39, 0.29) is 11.2 Å². The molecule has 0 unspecified atom stereocenters. The molecule has 0 spiro atoms. The van der Waals surface area contributed by atoms with E-state index in [4.69, 9.17) is 0 Å². The van der Waals surface area contributed by atoms with Crippen molar-refractivity contribution in [2.24, 2.45) is 0 Å². The maximum Gasteiger partial charge on any atom is 0.319 e. The molecule has 1 aromatic carbocycles. The number of nitrogens with one attached hydrogen (secondary N) is 2. The summed E-state index contributed by atoms with van der Waals surface area (Å²) in [7, 11) is 0. The lowest BCUT2D eigenvalue weighted by atomic mass is 10.2. The number of thiophene rings is 1. The van der Waals surface area contributed by atoms with Crippen LogP contribution in [0.2, 0.25) is 0 Å². The highest BCUT2D eigenvalue weighted by Crippen LogP contribution is 2.08. The molecule has 0 aliphatic rings. The number of nitrogens with zero attached hydrogens (tertiary/aromatic N) is 1. The van der Waals surface area contributed by atoms with Gasteiger partial charge in [-0.2, -0.15) is 0 Å². The van der Waals surface area contributed by atoms with Crippen LogP contribution in [0.1, 0.15) is 10.4 Å². The maximum absolute atomic E-state index is 12.5. The van der Waals surface area contributed by atoms with Crippen molar-refractivity contribution in [1.82, 2.24) is 9.88 Å². The van der Waals surface area contributed by atoms with Gasteiger partial charge in [0.15, 0.2) is 0 Å². The van der Waals surface area contributed by atoms with Crippen LogP contribution in [0.4, 0.5) is 10.5 Å². The van der Waals surface area contributed by atoms with Crippen LogP contribution in [0.3, 0.4) is 0 Å². The predicted octanol–water partition coefficient (Wildman–Crippen LogP) is 3.28. The molecular weight excluding hydrogens is 322 g/mol. The molecule has 0 fully saturated rings. The Labute approximate surface area is 143 Å². The molecule has 0 atom stereocenters. The molecule has 0 radical (unpaired) electrons. The summed E-state index contributed by atoms with van der Waals surface area (Å²) in [5.74, 6) is 0. The summed E-state index contributed by atoms with van der Waals surface area (Å²) >= 11 is 1.57. The summed E-state index contributed by atoms with van der Waals surface area (Å²) in [5.41, 5.74) is 1.06. The van der Waals surface area contributed by atoms with Crippen molar-refractivity contribution in [3.05, 3.63) is 87.0 Å². The van der Waals surface area contributed by atoms with Gasteiger partial charge in [0, 0.05) is 11.1 Å². The van der Waals surface area contributed by atoms with E-state index in [1.54, 1.807) is 34.2 Å². The number of rotatable bonds is 5. The number of amides is 2. The Morgan fingerprint density at radius 3 is 2.62 bits per heavy atom. The molecule has 0 aliphatic carbocycles. The first kappa shape index (κ1) is 16.0. The summed E-state index contributed by atoms with van der Waals surface area (Å²) < 4.78 is 1.57. The number of aromatic nitrogens is 1. The van der Waals surface area contributed by atoms with Gasteiger partial charge in [-0.15, -0.1) is 11.3 Å². The van der Waals surface area contributed by atoms with Crippen molar-refractivity contribution < 1.29 is 4.79 Å². The highest BCUT2D eigenvalue weighted by molar-refractivity contribution is 7.09. The average molecular weight is 339 g/mol. The highest BCUT2D eigenvalue weighted by atomic mass is 32.1. The van der Waals surface area contributed by atoms with Crippen LogP contribution in [0.5, 0.6) is 0 Å². The topological polar surface area (TPSA) is 63.1 Å². The molecule has 3 rings (SSSR count). The first-order valence-electron chi connectivity index (χ1n) is 7.53. The Hall–Kier alpha value is -2.86. The Kier molecular flexibility index (Phi) is 5.08. The van der Waals surface area contributed by atoms with Crippen LogP contribution in [0, 0.1) is 0 Å². The number of benzene rings is 1. The van der Waals surface area contributed by atoms with E-state index in [9.17, 15) is 9.59 Å². The average Bonchev–Trinajstić information content (AvgIpc) is 3.11. The molecule has 2 heterocycles. The van der Waals surface area contributed by atoms with E-state index in [2.05, 4.69) is 10.6 Å². The molecule has 2 amide bonds. The molecule has 0 saturated heterocycles. The second-order valence-electron chi connectivity index (χ2n) is 5.23. The monoisotopic (exact) mass is 339 g/mol. The molecule has 3 aromatic rings. The molecule has 5 nitrogen and oxygen atoms in total. The van der Waals surface area contributed by atoms with E-state index >= 15 is 0 Å². The molecule has 2 N–H and O–H groups in total. The fraction of sp³-hybridized carbons (Fsp3) is 0.111. The Balaban J connectivity index is 1.66. The van der Waals surface area contributed by atoms with Gasteiger partial charge in [0.2, 0.25) is 0 Å². The van der Waals surface area contributed by atoms with Crippen LogP contribution < -0.4 is 16.2 Å². The quantitative estimate of drug-likeness (QED) is 0.749. The normalized spacial score (nSPS) is 10.3. The molecule has 0 aliphatic heterocycles. The largest absolute Gasteiger partial charge is 0.333 e. The van der Waals surface area contributed by atoms with Gasteiger partial charge in [-0.25, -0.2) is 4.79 Å².